The topological polar surface area (TPSA) is 49.3 Å². The number of amides is 1. The normalized spacial score (nSPS) is 20.3. The number of carbonyl (C=O) groups is 1. The van der Waals surface area contributed by atoms with Gasteiger partial charge in [-0.15, -0.1) is 0 Å². The highest BCUT2D eigenvalue weighted by Gasteiger charge is 2.36. The monoisotopic (exact) mass is 213 g/mol. The quantitative estimate of drug-likeness (QED) is 0.746. The Bertz CT molecular complexity index is 230. The summed E-state index contributed by atoms with van der Waals surface area (Å²) in [5.74, 6) is 0.154. The van der Waals surface area contributed by atoms with Crippen molar-refractivity contribution in [3.63, 3.8) is 0 Å². The van der Waals surface area contributed by atoms with E-state index >= 15 is 0 Å². The Hall–Kier alpha value is -0.570. The van der Waals surface area contributed by atoms with Gasteiger partial charge in [-0.1, -0.05) is 33.6 Å². The Labute approximate surface area is 92.3 Å². The highest BCUT2D eigenvalue weighted by molar-refractivity contribution is 5.82. The maximum atomic E-state index is 11.9. The molecule has 0 heterocycles. The van der Waals surface area contributed by atoms with Crippen LogP contribution in [0.4, 0.5) is 0 Å². The molecule has 1 amide bonds. The number of nitrogens with one attached hydrogen (secondary N) is 1. The van der Waals surface area contributed by atoms with Crippen molar-refractivity contribution in [2.75, 3.05) is 13.2 Å². The molecule has 0 bridgehead atoms. The first kappa shape index (κ1) is 12.5. The van der Waals surface area contributed by atoms with E-state index < -0.39 is 0 Å². The molecular weight excluding hydrogens is 190 g/mol. The summed E-state index contributed by atoms with van der Waals surface area (Å²) in [4.78, 5) is 11.9. The van der Waals surface area contributed by atoms with Crippen molar-refractivity contribution < 1.29 is 9.90 Å². The van der Waals surface area contributed by atoms with Crippen molar-refractivity contribution in [3.05, 3.63) is 0 Å². The molecule has 3 heteroatoms. The van der Waals surface area contributed by atoms with Gasteiger partial charge >= 0.3 is 0 Å². The second kappa shape index (κ2) is 4.52. The van der Waals surface area contributed by atoms with Crippen LogP contribution in [0.3, 0.4) is 0 Å². The maximum Gasteiger partial charge on any atom is 0.225 e. The minimum absolute atomic E-state index is 0.101. The zero-order valence-electron chi connectivity index (χ0n) is 10.1. The fourth-order valence-electron chi connectivity index (χ4n) is 1.97. The predicted molar refractivity (Wildman–Crippen MR) is 60.5 cm³/mol. The van der Waals surface area contributed by atoms with E-state index in [-0.39, 0.29) is 23.3 Å². The van der Waals surface area contributed by atoms with Gasteiger partial charge in [-0.25, -0.2) is 0 Å². The summed E-state index contributed by atoms with van der Waals surface area (Å²) in [7, 11) is 0. The van der Waals surface area contributed by atoms with Gasteiger partial charge in [0.2, 0.25) is 5.91 Å². The van der Waals surface area contributed by atoms with E-state index in [0.717, 1.165) is 25.7 Å². The van der Waals surface area contributed by atoms with Crippen LogP contribution in [0.2, 0.25) is 0 Å². The summed E-state index contributed by atoms with van der Waals surface area (Å²) in [5, 5.41) is 12.0. The van der Waals surface area contributed by atoms with Crippen LogP contribution in [-0.2, 0) is 4.79 Å². The van der Waals surface area contributed by atoms with Crippen LogP contribution in [0.15, 0.2) is 0 Å². The van der Waals surface area contributed by atoms with Crippen molar-refractivity contribution in [1.29, 1.82) is 0 Å². The Morgan fingerprint density at radius 2 is 1.93 bits per heavy atom. The fraction of sp³-hybridized carbons (Fsp3) is 0.917. The minimum atomic E-state index is -0.218. The molecule has 0 aromatic heterocycles. The van der Waals surface area contributed by atoms with Crippen LogP contribution in [0.1, 0.15) is 46.5 Å². The molecule has 1 rings (SSSR count). The first-order valence-electron chi connectivity index (χ1n) is 5.79. The molecule has 0 aromatic carbocycles. The summed E-state index contributed by atoms with van der Waals surface area (Å²) in [5.41, 5.74) is -0.379. The van der Waals surface area contributed by atoms with Gasteiger partial charge in [-0.3, -0.25) is 4.79 Å². The SMILES string of the molecule is CC(C)(CO)CNC(=O)C1(C)CCCC1. The van der Waals surface area contributed by atoms with Gasteiger partial charge in [0.1, 0.15) is 0 Å². The van der Waals surface area contributed by atoms with Gasteiger partial charge < -0.3 is 10.4 Å². The lowest BCUT2D eigenvalue weighted by atomic mass is 9.87. The second-order valence-corrected chi connectivity index (χ2v) is 5.77. The number of aliphatic hydroxyl groups excluding tert-OH is 1. The number of aliphatic hydroxyl groups is 1. The standard InChI is InChI=1S/C12H23NO2/c1-11(2,9-14)8-13-10(15)12(3)6-4-5-7-12/h14H,4-9H2,1-3H3,(H,13,15). The van der Waals surface area contributed by atoms with E-state index in [0.29, 0.717) is 6.54 Å². The average molecular weight is 213 g/mol. The molecule has 0 aromatic rings. The molecular formula is C12H23NO2. The summed E-state index contributed by atoms with van der Waals surface area (Å²) in [6.07, 6.45) is 4.32. The molecule has 0 atom stereocenters. The number of hydrogen-bond acceptors (Lipinski definition) is 2. The van der Waals surface area contributed by atoms with Crippen LogP contribution in [0, 0.1) is 10.8 Å². The highest BCUT2D eigenvalue weighted by atomic mass is 16.3. The Morgan fingerprint density at radius 1 is 1.40 bits per heavy atom. The van der Waals surface area contributed by atoms with Gasteiger partial charge in [0.05, 0.1) is 0 Å². The Kier molecular flexibility index (Phi) is 3.77. The number of carbonyl (C=O) groups excluding carboxylic acids is 1. The second-order valence-electron chi connectivity index (χ2n) is 5.77. The fourth-order valence-corrected chi connectivity index (χ4v) is 1.97. The third kappa shape index (κ3) is 3.20. The van der Waals surface area contributed by atoms with Crippen molar-refractivity contribution in [3.8, 4) is 0 Å². The molecule has 3 nitrogen and oxygen atoms in total. The van der Waals surface area contributed by atoms with Crippen LogP contribution < -0.4 is 5.32 Å². The predicted octanol–water partition coefficient (Wildman–Crippen LogP) is 1.70. The van der Waals surface area contributed by atoms with Gasteiger partial charge in [-0.05, 0) is 12.8 Å². The smallest absolute Gasteiger partial charge is 0.225 e. The highest BCUT2D eigenvalue weighted by Crippen LogP contribution is 2.37. The lowest BCUT2D eigenvalue weighted by molar-refractivity contribution is -0.130. The maximum absolute atomic E-state index is 11.9. The molecule has 1 fully saturated rings. The molecule has 1 saturated carbocycles. The van der Waals surface area contributed by atoms with Crippen molar-refractivity contribution in [2.45, 2.75) is 46.5 Å². The molecule has 1 aliphatic rings. The van der Waals surface area contributed by atoms with Gasteiger partial charge in [-0.2, -0.15) is 0 Å². The van der Waals surface area contributed by atoms with Crippen molar-refractivity contribution in [1.82, 2.24) is 5.32 Å². The van der Waals surface area contributed by atoms with E-state index in [9.17, 15) is 4.79 Å². The van der Waals surface area contributed by atoms with Crippen LogP contribution >= 0.6 is 0 Å². The summed E-state index contributed by atoms with van der Waals surface area (Å²) in [6, 6.07) is 0. The molecule has 0 radical (unpaired) electrons. The lowest BCUT2D eigenvalue weighted by Crippen LogP contribution is -2.42. The van der Waals surface area contributed by atoms with Gasteiger partial charge in [0, 0.05) is 24.0 Å². The molecule has 2 N–H and O–H groups in total. The molecule has 0 spiro atoms. The average Bonchev–Trinajstić information content (AvgIpc) is 2.63. The molecule has 0 unspecified atom stereocenters. The van der Waals surface area contributed by atoms with Gasteiger partial charge in [0.15, 0.2) is 0 Å². The largest absolute Gasteiger partial charge is 0.396 e. The Morgan fingerprint density at radius 3 is 2.40 bits per heavy atom. The van der Waals surface area contributed by atoms with E-state index in [4.69, 9.17) is 5.11 Å². The number of hydrogen-bond donors (Lipinski definition) is 2. The molecule has 0 saturated heterocycles. The van der Waals surface area contributed by atoms with Crippen molar-refractivity contribution in [2.24, 2.45) is 10.8 Å². The van der Waals surface area contributed by atoms with Crippen LogP contribution in [0.25, 0.3) is 0 Å². The summed E-state index contributed by atoms with van der Waals surface area (Å²) >= 11 is 0. The minimum Gasteiger partial charge on any atom is -0.396 e. The third-order valence-electron chi connectivity index (χ3n) is 3.41. The molecule has 0 aliphatic heterocycles. The van der Waals surface area contributed by atoms with E-state index in [1.165, 1.54) is 0 Å². The zero-order valence-corrected chi connectivity index (χ0v) is 10.1. The van der Waals surface area contributed by atoms with Crippen LogP contribution in [0.5, 0.6) is 0 Å². The summed E-state index contributed by atoms with van der Waals surface area (Å²) < 4.78 is 0. The van der Waals surface area contributed by atoms with E-state index in [2.05, 4.69) is 5.32 Å². The number of rotatable bonds is 4. The molecule has 88 valence electrons. The van der Waals surface area contributed by atoms with E-state index in [1.807, 2.05) is 20.8 Å². The lowest BCUT2D eigenvalue weighted by Gasteiger charge is -2.27. The molecule has 15 heavy (non-hydrogen) atoms. The van der Waals surface area contributed by atoms with Crippen molar-refractivity contribution >= 4 is 5.91 Å². The van der Waals surface area contributed by atoms with Gasteiger partial charge in [0.25, 0.3) is 0 Å². The summed E-state index contributed by atoms with van der Waals surface area (Å²) in [6.45, 7) is 6.59. The first-order valence-corrected chi connectivity index (χ1v) is 5.79. The molecule has 1 aliphatic carbocycles. The van der Waals surface area contributed by atoms with Crippen LogP contribution in [-0.4, -0.2) is 24.2 Å². The third-order valence-corrected chi connectivity index (χ3v) is 3.41. The van der Waals surface area contributed by atoms with E-state index in [1.54, 1.807) is 0 Å². The Balaban J connectivity index is 2.42. The first-order chi connectivity index (χ1) is 6.90. The zero-order chi connectivity index (χ0) is 11.5.